The van der Waals surface area contributed by atoms with Gasteiger partial charge in [-0.2, -0.15) is 16.9 Å². The molecule has 1 saturated carbocycles. The Morgan fingerprint density at radius 1 is 1.29 bits per heavy atom. The highest BCUT2D eigenvalue weighted by Gasteiger charge is 2.24. The number of fused-ring (bicyclic) bond motifs is 1. The highest BCUT2D eigenvalue weighted by atomic mass is 32.2. The number of carbonyl (C=O) groups is 1. The number of hydrogen-bond donors (Lipinski definition) is 1. The van der Waals surface area contributed by atoms with Gasteiger partial charge in [-0.25, -0.2) is 0 Å². The Morgan fingerprint density at radius 3 is 2.92 bits per heavy atom. The fourth-order valence-corrected chi connectivity index (χ4v) is 4.25. The molecule has 2 heterocycles. The smallest absolute Gasteiger partial charge is 0.221 e. The zero-order valence-electron chi connectivity index (χ0n) is 14.8. The van der Waals surface area contributed by atoms with Crippen molar-refractivity contribution in [3.63, 3.8) is 0 Å². The third-order valence-electron chi connectivity index (χ3n) is 5.19. The number of hydrogen-bond acceptors (Lipinski definition) is 4. The van der Waals surface area contributed by atoms with Gasteiger partial charge in [-0.05, 0) is 31.6 Å². The van der Waals surface area contributed by atoms with Crippen LogP contribution in [0.3, 0.4) is 0 Å². The van der Waals surface area contributed by atoms with Crippen LogP contribution >= 0.6 is 11.8 Å². The van der Waals surface area contributed by atoms with Crippen LogP contribution in [0.5, 0.6) is 0 Å². The summed E-state index contributed by atoms with van der Waals surface area (Å²) in [5.41, 5.74) is 2.31. The van der Waals surface area contributed by atoms with Crippen LogP contribution in [0, 0.1) is 0 Å². The topological polar surface area (TPSA) is 50.2 Å². The van der Waals surface area contributed by atoms with Crippen LogP contribution in [0.1, 0.15) is 56.3 Å². The molecule has 0 bridgehead atoms. The first-order valence-corrected chi connectivity index (χ1v) is 10.7. The number of amides is 1. The first-order chi connectivity index (χ1) is 11.8. The van der Waals surface area contributed by atoms with Crippen LogP contribution in [0.2, 0.25) is 0 Å². The molecule has 0 unspecified atom stereocenters. The molecule has 1 fully saturated rings. The van der Waals surface area contributed by atoms with Crippen LogP contribution in [0.15, 0.2) is 6.07 Å². The summed E-state index contributed by atoms with van der Waals surface area (Å²) < 4.78 is 2.16. The lowest BCUT2D eigenvalue weighted by molar-refractivity contribution is -0.120. The molecule has 0 radical (unpaired) electrons. The van der Waals surface area contributed by atoms with Crippen molar-refractivity contribution in [2.45, 2.75) is 70.6 Å². The molecule has 2 aliphatic rings. The molecule has 1 aromatic heterocycles. The zero-order chi connectivity index (χ0) is 16.8. The van der Waals surface area contributed by atoms with Crippen molar-refractivity contribution >= 4 is 17.7 Å². The predicted molar refractivity (Wildman–Crippen MR) is 99.0 cm³/mol. The predicted octanol–water partition coefficient (Wildman–Crippen LogP) is 2.79. The fraction of sp³-hybridized carbons (Fsp3) is 0.778. The molecular weight excluding hydrogens is 320 g/mol. The Balaban J connectivity index is 1.57. The molecule has 24 heavy (non-hydrogen) atoms. The van der Waals surface area contributed by atoms with Gasteiger partial charge in [0.15, 0.2) is 0 Å². The molecule has 1 amide bonds. The summed E-state index contributed by atoms with van der Waals surface area (Å²) in [6.07, 6.45) is 10.7. The summed E-state index contributed by atoms with van der Waals surface area (Å²) in [5.74, 6) is 0.999. The molecular formula is C18H30N4OS. The molecule has 5 nitrogen and oxygen atoms in total. The van der Waals surface area contributed by atoms with Crippen molar-refractivity contribution in [1.82, 2.24) is 20.0 Å². The Kier molecular flexibility index (Phi) is 6.60. The normalized spacial score (nSPS) is 19.7. The van der Waals surface area contributed by atoms with Crippen molar-refractivity contribution in [2.75, 3.05) is 18.6 Å². The van der Waals surface area contributed by atoms with Crippen molar-refractivity contribution in [3.8, 4) is 0 Å². The van der Waals surface area contributed by atoms with Crippen LogP contribution in [-0.2, 0) is 24.4 Å². The first kappa shape index (κ1) is 17.8. The third kappa shape index (κ3) is 4.76. The van der Waals surface area contributed by atoms with Gasteiger partial charge in [0.1, 0.15) is 0 Å². The highest BCUT2D eigenvalue weighted by molar-refractivity contribution is 7.98. The Hall–Kier alpha value is -1.01. The zero-order valence-corrected chi connectivity index (χ0v) is 15.6. The third-order valence-corrected chi connectivity index (χ3v) is 5.80. The van der Waals surface area contributed by atoms with Gasteiger partial charge in [0.05, 0.1) is 17.9 Å². The van der Waals surface area contributed by atoms with E-state index in [1.807, 2.05) is 6.26 Å². The average molecular weight is 351 g/mol. The molecule has 1 aliphatic heterocycles. The standard InChI is InChI=1S/C18H30N4OS/c1-24-11-8-18(23)19-13-15-12-17-14-21(9-5-10-22(17)20-15)16-6-3-2-4-7-16/h12,16H,2-11,13-14H2,1H3,(H,19,23). The second-order valence-electron chi connectivity index (χ2n) is 6.99. The van der Waals surface area contributed by atoms with E-state index in [1.165, 1.54) is 50.8 Å². The van der Waals surface area contributed by atoms with E-state index in [4.69, 9.17) is 5.10 Å². The number of carbonyl (C=O) groups excluding carboxylic acids is 1. The maximum Gasteiger partial charge on any atom is 0.221 e. The van der Waals surface area contributed by atoms with E-state index in [2.05, 4.69) is 21.0 Å². The SMILES string of the molecule is CSCCC(=O)NCc1cc2n(n1)CCCN(C1CCCCC1)C2. The van der Waals surface area contributed by atoms with E-state index in [0.29, 0.717) is 13.0 Å². The van der Waals surface area contributed by atoms with Crippen molar-refractivity contribution in [3.05, 3.63) is 17.5 Å². The molecule has 134 valence electrons. The van der Waals surface area contributed by atoms with E-state index in [1.54, 1.807) is 11.8 Å². The highest BCUT2D eigenvalue weighted by Crippen LogP contribution is 2.25. The summed E-state index contributed by atoms with van der Waals surface area (Å²) in [6, 6.07) is 2.95. The maximum absolute atomic E-state index is 11.8. The van der Waals surface area contributed by atoms with Gasteiger partial charge >= 0.3 is 0 Å². The molecule has 0 saturated heterocycles. The van der Waals surface area contributed by atoms with Crippen LogP contribution in [0.25, 0.3) is 0 Å². The Labute approximate surface area is 149 Å². The summed E-state index contributed by atoms with van der Waals surface area (Å²) in [5, 5.41) is 7.70. The van der Waals surface area contributed by atoms with Crippen LogP contribution in [0.4, 0.5) is 0 Å². The minimum Gasteiger partial charge on any atom is -0.350 e. The molecule has 0 atom stereocenters. The largest absolute Gasteiger partial charge is 0.350 e. The summed E-state index contributed by atoms with van der Waals surface area (Å²) in [4.78, 5) is 14.4. The van der Waals surface area contributed by atoms with E-state index in [9.17, 15) is 4.79 Å². The average Bonchev–Trinajstić information content (AvgIpc) is 2.89. The Morgan fingerprint density at radius 2 is 2.12 bits per heavy atom. The molecule has 3 rings (SSSR count). The van der Waals surface area contributed by atoms with Gasteiger partial charge in [-0.15, -0.1) is 0 Å². The molecule has 1 aromatic rings. The van der Waals surface area contributed by atoms with E-state index in [0.717, 1.165) is 30.6 Å². The minimum atomic E-state index is 0.122. The van der Waals surface area contributed by atoms with E-state index >= 15 is 0 Å². The van der Waals surface area contributed by atoms with E-state index in [-0.39, 0.29) is 5.91 Å². The second-order valence-corrected chi connectivity index (χ2v) is 7.97. The van der Waals surface area contributed by atoms with Gasteiger partial charge in [-0.1, -0.05) is 19.3 Å². The number of nitrogens with zero attached hydrogens (tertiary/aromatic N) is 3. The minimum absolute atomic E-state index is 0.122. The number of nitrogens with one attached hydrogen (secondary N) is 1. The monoisotopic (exact) mass is 350 g/mol. The van der Waals surface area contributed by atoms with Crippen molar-refractivity contribution < 1.29 is 4.79 Å². The lowest BCUT2D eigenvalue weighted by Gasteiger charge is -2.33. The van der Waals surface area contributed by atoms with Gasteiger partial charge in [0.2, 0.25) is 5.91 Å². The van der Waals surface area contributed by atoms with Crippen LogP contribution in [-0.4, -0.2) is 45.2 Å². The molecule has 1 aliphatic carbocycles. The molecule has 6 heteroatoms. The number of rotatable bonds is 6. The van der Waals surface area contributed by atoms with Gasteiger partial charge < -0.3 is 5.32 Å². The maximum atomic E-state index is 11.8. The van der Waals surface area contributed by atoms with Gasteiger partial charge in [0, 0.05) is 37.8 Å². The second kappa shape index (κ2) is 8.90. The summed E-state index contributed by atoms with van der Waals surface area (Å²) in [7, 11) is 0. The Bertz CT molecular complexity index is 539. The lowest BCUT2D eigenvalue weighted by atomic mass is 9.94. The first-order valence-electron chi connectivity index (χ1n) is 9.31. The quantitative estimate of drug-likeness (QED) is 0.857. The van der Waals surface area contributed by atoms with Gasteiger partial charge in [0.25, 0.3) is 0 Å². The number of aromatic nitrogens is 2. The lowest BCUT2D eigenvalue weighted by Crippen LogP contribution is -2.36. The fourth-order valence-electron chi connectivity index (χ4n) is 3.86. The summed E-state index contributed by atoms with van der Waals surface area (Å²) >= 11 is 1.70. The van der Waals surface area contributed by atoms with Crippen molar-refractivity contribution in [2.24, 2.45) is 0 Å². The molecule has 0 spiro atoms. The molecule has 0 aromatic carbocycles. The van der Waals surface area contributed by atoms with Crippen LogP contribution < -0.4 is 5.32 Å². The van der Waals surface area contributed by atoms with Crippen molar-refractivity contribution in [1.29, 1.82) is 0 Å². The molecule has 1 N–H and O–H groups in total. The van der Waals surface area contributed by atoms with E-state index < -0.39 is 0 Å². The van der Waals surface area contributed by atoms with Gasteiger partial charge in [-0.3, -0.25) is 14.4 Å². The number of aryl methyl sites for hydroxylation is 1. The number of thioether (sulfide) groups is 1. The summed E-state index contributed by atoms with van der Waals surface area (Å²) in [6.45, 7) is 3.75.